The molecule has 1 aromatic carbocycles. The number of benzene rings is 1. The molecule has 0 aliphatic rings. The van der Waals surface area contributed by atoms with E-state index in [4.69, 9.17) is 16.3 Å². The molecule has 0 saturated carbocycles. The second-order valence-corrected chi connectivity index (χ2v) is 3.74. The minimum Gasteiger partial charge on any atom is -0.497 e. The summed E-state index contributed by atoms with van der Waals surface area (Å²) in [5, 5.41) is 0.838. The Morgan fingerprint density at radius 3 is 2.60 bits per heavy atom. The summed E-state index contributed by atoms with van der Waals surface area (Å²) in [7, 11) is 2.86. The molecule has 0 bridgehead atoms. The molecule has 0 aliphatic heterocycles. The van der Waals surface area contributed by atoms with Gasteiger partial charge in [0.1, 0.15) is 5.75 Å². The van der Waals surface area contributed by atoms with Crippen LogP contribution >= 0.6 is 27.5 Å². The third-order valence-electron chi connectivity index (χ3n) is 1.91. The maximum atomic E-state index is 11.4. The van der Waals surface area contributed by atoms with Crippen LogP contribution in [0.25, 0.3) is 0 Å². The van der Waals surface area contributed by atoms with Crippen molar-refractivity contribution in [3.8, 4) is 5.75 Å². The zero-order valence-corrected chi connectivity index (χ0v) is 10.7. The fourth-order valence-corrected chi connectivity index (χ4v) is 1.94. The summed E-state index contributed by atoms with van der Waals surface area (Å²) in [5.41, 5.74) is 1.11. The highest BCUT2D eigenvalue weighted by atomic mass is 79.9. The van der Waals surface area contributed by atoms with Gasteiger partial charge in [0.25, 0.3) is 0 Å². The van der Waals surface area contributed by atoms with Crippen molar-refractivity contribution < 1.29 is 14.3 Å². The van der Waals surface area contributed by atoms with Crippen molar-refractivity contribution in [2.75, 3.05) is 14.2 Å². The van der Waals surface area contributed by atoms with Crippen molar-refractivity contribution in [2.45, 2.75) is 5.33 Å². The van der Waals surface area contributed by atoms with Crippen molar-refractivity contribution in [3.63, 3.8) is 0 Å². The number of rotatable bonds is 3. The lowest BCUT2D eigenvalue weighted by Gasteiger charge is -2.09. The largest absolute Gasteiger partial charge is 0.497 e. The van der Waals surface area contributed by atoms with Crippen molar-refractivity contribution in [1.29, 1.82) is 0 Å². The summed E-state index contributed by atoms with van der Waals surface area (Å²) < 4.78 is 9.70. The second kappa shape index (κ2) is 5.37. The average molecular weight is 294 g/mol. The molecule has 0 fully saturated rings. The zero-order chi connectivity index (χ0) is 11.4. The van der Waals surface area contributed by atoms with Crippen LogP contribution in [0, 0.1) is 0 Å². The number of hydrogen-bond donors (Lipinski definition) is 0. The molecule has 0 N–H and O–H groups in total. The van der Waals surface area contributed by atoms with Crippen molar-refractivity contribution in [1.82, 2.24) is 0 Å². The van der Waals surface area contributed by atoms with Crippen LogP contribution in [0.3, 0.4) is 0 Å². The first kappa shape index (κ1) is 12.3. The molecule has 0 heterocycles. The normalized spacial score (nSPS) is 9.87. The molecule has 0 atom stereocenters. The zero-order valence-electron chi connectivity index (χ0n) is 8.34. The Kier molecular flexibility index (Phi) is 4.42. The van der Waals surface area contributed by atoms with E-state index in [-0.39, 0.29) is 0 Å². The van der Waals surface area contributed by atoms with Gasteiger partial charge in [0.15, 0.2) is 0 Å². The Bertz CT molecular complexity index is 379. The molecule has 0 saturated heterocycles. The SMILES string of the molecule is COC(=O)c1c(Cl)cc(OC)cc1CBr. The summed E-state index contributed by atoms with van der Waals surface area (Å²) in [4.78, 5) is 11.4. The molecule has 1 aromatic rings. The van der Waals surface area contributed by atoms with Gasteiger partial charge >= 0.3 is 5.97 Å². The van der Waals surface area contributed by atoms with Gasteiger partial charge in [-0.1, -0.05) is 27.5 Å². The van der Waals surface area contributed by atoms with E-state index in [0.29, 0.717) is 21.7 Å². The highest BCUT2D eigenvalue weighted by molar-refractivity contribution is 9.08. The molecule has 0 aliphatic carbocycles. The van der Waals surface area contributed by atoms with E-state index >= 15 is 0 Å². The Morgan fingerprint density at radius 1 is 1.47 bits per heavy atom. The number of hydrogen-bond acceptors (Lipinski definition) is 3. The van der Waals surface area contributed by atoms with Crippen LogP contribution < -0.4 is 4.74 Å². The first-order chi connectivity index (χ1) is 7.13. The van der Waals surface area contributed by atoms with Gasteiger partial charge in [0.2, 0.25) is 0 Å². The van der Waals surface area contributed by atoms with Crippen molar-refractivity contribution in [2.24, 2.45) is 0 Å². The molecule has 0 spiro atoms. The predicted octanol–water partition coefficient (Wildman–Crippen LogP) is 3.03. The smallest absolute Gasteiger partial charge is 0.339 e. The first-order valence-electron chi connectivity index (χ1n) is 4.14. The minimum absolute atomic E-state index is 0.329. The number of ether oxygens (including phenoxy) is 2. The first-order valence-corrected chi connectivity index (χ1v) is 5.64. The highest BCUT2D eigenvalue weighted by Gasteiger charge is 2.17. The maximum Gasteiger partial charge on any atom is 0.339 e. The standard InChI is InChI=1S/C10H10BrClO3/c1-14-7-3-6(5-11)9(8(12)4-7)10(13)15-2/h3-4H,5H2,1-2H3. The van der Waals surface area contributed by atoms with Crippen molar-refractivity contribution >= 4 is 33.5 Å². The minimum atomic E-state index is -0.447. The van der Waals surface area contributed by atoms with E-state index in [0.717, 1.165) is 5.56 Å². The fraction of sp³-hybridized carbons (Fsp3) is 0.300. The Morgan fingerprint density at radius 2 is 2.13 bits per heavy atom. The molecule has 0 amide bonds. The van der Waals surface area contributed by atoms with Crippen LogP contribution in [0.5, 0.6) is 5.75 Å². The lowest BCUT2D eigenvalue weighted by Crippen LogP contribution is -2.06. The number of carbonyl (C=O) groups is 1. The second-order valence-electron chi connectivity index (χ2n) is 2.77. The van der Waals surface area contributed by atoms with Gasteiger partial charge in [-0.3, -0.25) is 0 Å². The van der Waals surface area contributed by atoms with Gasteiger partial charge < -0.3 is 9.47 Å². The Balaban J connectivity index is 3.30. The third kappa shape index (κ3) is 2.63. The Labute approximate surface area is 101 Å². The van der Waals surface area contributed by atoms with E-state index in [1.807, 2.05) is 0 Å². The predicted molar refractivity (Wildman–Crippen MR) is 62.0 cm³/mol. The van der Waals surface area contributed by atoms with E-state index in [9.17, 15) is 4.79 Å². The van der Waals surface area contributed by atoms with Crippen LogP contribution in [-0.2, 0) is 10.1 Å². The van der Waals surface area contributed by atoms with Gasteiger partial charge in [-0.25, -0.2) is 4.79 Å². The lowest BCUT2D eigenvalue weighted by molar-refractivity contribution is 0.0600. The molecule has 0 aromatic heterocycles. The van der Waals surface area contributed by atoms with Crippen molar-refractivity contribution in [3.05, 3.63) is 28.3 Å². The number of alkyl halides is 1. The fourth-order valence-electron chi connectivity index (χ4n) is 1.19. The quantitative estimate of drug-likeness (QED) is 0.635. The molecule has 3 nitrogen and oxygen atoms in total. The summed E-state index contributed by atoms with van der Waals surface area (Å²) >= 11 is 9.25. The number of methoxy groups -OCH3 is 2. The van der Waals surface area contributed by atoms with E-state index in [1.165, 1.54) is 7.11 Å². The molecular formula is C10H10BrClO3. The van der Waals surface area contributed by atoms with Crippen LogP contribution in [0.2, 0.25) is 5.02 Å². The molecule has 5 heteroatoms. The van der Waals surface area contributed by atoms with Crippen LogP contribution in [0.1, 0.15) is 15.9 Å². The van der Waals surface area contributed by atoms with Gasteiger partial charge in [0.05, 0.1) is 24.8 Å². The molecule has 0 radical (unpaired) electrons. The summed E-state index contributed by atoms with van der Waals surface area (Å²) in [6.07, 6.45) is 0. The van der Waals surface area contributed by atoms with Crippen LogP contribution in [0.15, 0.2) is 12.1 Å². The van der Waals surface area contributed by atoms with Gasteiger partial charge in [0, 0.05) is 5.33 Å². The number of carbonyl (C=O) groups excluding carboxylic acids is 1. The summed E-state index contributed by atoms with van der Waals surface area (Å²) in [6.45, 7) is 0. The molecular weight excluding hydrogens is 283 g/mol. The van der Waals surface area contributed by atoms with Gasteiger partial charge in [-0.05, 0) is 17.7 Å². The monoisotopic (exact) mass is 292 g/mol. The van der Waals surface area contributed by atoms with E-state index < -0.39 is 5.97 Å². The average Bonchev–Trinajstić information content (AvgIpc) is 2.26. The lowest BCUT2D eigenvalue weighted by atomic mass is 10.1. The third-order valence-corrected chi connectivity index (χ3v) is 2.82. The molecule has 1 rings (SSSR count). The Hall–Kier alpha value is -0.740. The highest BCUT2D eigenvalue weighted by Crippen LogP contribution is 2.28. The molecule has 0 unspecified atom stereocenters. The summed E-state index contributed by atoms with van der Waals surface area (Å²) in [6, 6.07) is 3.33. The summed E-state index contributed by atoms with van der Waals surface area (Å²) in [5.74, 6) is 0.166. The molecule has 15 heavy (non-hydrogen) atoms. The van der Waals surface area contributed by atoms with E-state index in [2.05, 4.69) is 20.7 Å². The van der Waals surface area contributed by atoms with Crippen LogP contribution in [-0.4, -0.2) is 20.2 Å². The van der Waals surface area contributed by atoms with Gasteiger partial charge in [-0.2, -0.15) is 0 Å². The number of esters is 1. The topological polar surface area (TPSA) is 35.5 Å². The van der Waals surface area contributed by atoms with Crippen LogP contribution in [0.4, 0.5) is 0 Å². The molecule has 82 valence electrons. The number of halogens is 2. The van der Waals surface area contributed by atoms with E-state index in [1.54, 1.807) is 19.2 Å². The maximum absolute atomic E-state index is 11.4. The van der Waals surface area contributed by atoms with Gasteiger partial charge in [-0.15, -0.1) is 0 Å².